The molecule has 2 atom stereocenters. The van der Waals surface area contributed by atoms with Crippen LogP contribution in [-0.2, 0) is 10.9 Å². The number of halogens is 3. The van der Waals surface area contributed by atoms with E-state index < -0.39 is 35.6 Å². The van der Waals surface area contributed by atoms with Crippen LogP contribution in [-0.4, -0.2) is 56.6 Å². The maximum atomic E-state index is 13.3. The first-order chi connectivity index (χ1) is 19.2. The van der Waals surface area contributed by atoms with Crippen LogP contribution in [0.3, 0.4) is 0 Å². The molecular weight excluding hydrogens is 559 g/mol. The normalized spacial score (nSPS) is 16.7. The lowest BCUT2D eigenvalue weighted by Crippen LogP contribution is -2.46. The first kappa shape index (κ1) is 30.2. The highest BCUT2D eigenvalue weighted by Gasteiger charge is 2.34. The molecule has 1 aromatic carbocycles. The van der Waals surface area contributed by atoms with Crippen LogP contribution in [0.1, 0.15) is 73.2 Å². The van der Waals surface area contributed by atoms with Crippen molar-refractivity contribution in [1.82, 2.24) is 25.2 Å². The lowest BCUT2D eigenvalue weighted by Gasteiger charge is -2.34. The van der Waals surface area contributed by atoms with Crippen LogP contribution in [0.4, 0.5) is 18.0 Å². The minimum absolute atomic E-state index is 0.282. The predicted molar refractivity (Wildman–Crippen MR) is 147 cm³/mol. The van der Waals surface area contributed by atoms with Gasteiger partial charge < -0.3 is 19.7 Å². The summed E-state index contributed by atoms with van der Waals surface area (Å²) in [5.41, 5.74) is 0.664. The van der Waals surface area contributed by atoms with Crippen molar-refractivity contribution in [2.75, 3.05) is 13.1 Å². The Bertz CT molecular complexity index is 1390. The number of amides is 2. The standard InChI is InChI=1S/C28H32F3N5O4S/c1-16-12-32-24(41-16)19-9-18(23(37)35-17(2)20-13-33-25(34-14-20)28(29,30)31)10-22(11-19)39-21-7-6-8-36(15-21)26(38)40-27(3,4)5/h9-14,17,21H,6-8,15H2,1-5H3,(H,35,37)/t17?,21-/m1/s1. The molecular formula is C28H32F3N5O4S. The van der Waals surface area contributed by atoms with Gasteiger partial charge in [-0.25, -0.2) is 19.7 Å². The number of carbonyl (C=O) groups excluding carboxylic acids is 2. The molecule has 220 valence electrons. The molecule has 4 rings (SSSR count). The second-order valence-electron chi connectivity index (χ2n) is 10.9. The summed E-state index contributed by atoms with van der Waals surface area (Å²) in [6, 6.07) is 4.42. The Morgan fingerprint density at radius 3 is 2.41 bits per heavy atom. The van der Waals surface area contributed by atoms with Crippen LogP contribution >= 0.6 is 11.3 Å². The number of thiazole rings is 1. The van der Waals surface area contributed by atoms with Gasteiger partial charge in [0, 0.05) is 46.7 Å². The molecule has 2 amide bonds. The van der Waals surface area contributed by atoms with E-state index in [1.54, 1.807) is 36.2 Å². The van der Waals surface area contributed by atoms with Crippen molar-refractivity contribution in [3.05, 3.63) is 58.6 Å². The number of carbonyl (C=O) groups is 2. The van der Waals surface area contributed by atoms with Crippen LogP contribution < -0.4 is 10.1 Å². The van der Waals surface area contributed by atoms with Crippen molar-refractivity contribution in [2.24, 2.45) is 0 Å². The number of alkyl halides is 3. The largest absolute Gasteiger partial charge is 0.489 e. The number of nitrogens with zero attached hydrogens (tertiary/aromatic N) is 4. The van der Waals surface area contributed by atoms with Gasteiger partial charge in [0.15, 0.2) is 0 Å². The zero-order chi connectivity index (χ0) is 29.9. The van der Waals surface area contributed by atoms with Gasteiger partial charge in [0.2, 0.25) is 5.82 Å². The highest BCUT2D eigenvalue weighted by molar-refractivity contribution is 7.14. The van der Waals surface area contributed by atoms with Crippen LogP contribution in [0, 0.1) is 6.92 Å². The summed E-state index contributed by atoms with van der Waals surface area (Å²) < 4.78 is 50.3. The fourth-order valence-electron chi connectivity index (χ4n) is 4.20. The quantitative estimate of drug-likeness (QED) is 0.364. The van der Waals surface area contributed by atoms with Gasteiger partial charge in [-0.1, -0.05) is 0 Å². The van der Waals surface area contributed by atoms with Crippen molar-refractivity contribution in [2.45, 2.75) is 71.4 Å². The van der Waals surface area contributed by atoms with Gasteiger partial charge >= 0.3 is 12.3 Å². The zero-order valence-corrected chi connectivity index (χ0v) is 24.2. The molecule has 0 bridgehead atoms. The maximum Gasteiger partial charge on any atom is 0.451 e. The molecule has 0 aliphatic carbocycles. The highest BCUT2D eigenvalue weighted by Crippen LogP contribution is 2.31. The average molecular weight is 592 g/mol. The molecule has 1 aliphatic rings. The predicted octanol–water partition coefficient (Wildman–Crippen LogP) is 6.20. The van der Waals surface area contributed by atoms with E-state index in [-0.39, 0.29) is 11.7 Å². The van der Waals surface area contributed by atoms with Gasteiger partial charge in [-0.15, -0.1) is 11.3 Å². The third-order valence-corrected chi connectivity index (χ3v) is 7.10. The lowest BCUT2D eigenvalue weighted by molar-refractivity contribution is -0.145. The maximum absolute atomic E-state index is 13.3. The van der Waals surface area contributed by atoms with Gasteiger partial charge in [0.05, 0.1) is 12.6 Å². The summed E-state index contributed by atoms with van der Waals surface area (Å²) >= 11 is 1.46. The minimum atomic E-state index is -4.65. The zero-order valence-electron chi connectivity index (χ0n) is 23.4. The molecule has 1 aliphatic heterocycles. The number of aryl methyl sites for hydroxylation is 1. The van der Waals surface area contributed by atoms with Crippen molar-refractivity contribution in [3.63, 3.8) is 0 Å². The number of rotatable bonds is 6. The van der Waals surface area contributed by atoms with E-state index in [9.17, 15) is 22.8 Å². The molecule has 0 saturated carbocycles. The summed E-state index contributed by atoms with van der Waals surface area (Å²) in [6.07, 6.45) is -0.102. The summed E-state index contributed by atoms with van der Waals surface area (Å²) in [7, 11) is 0. The smallest absolute Gasteiger partial charge is 0.451 e. The average Bonchev–Trinajstić information content (AvgIpc) is 3.33. The van der Waals surface area contributed by atoms with Gasteiger partial charge in [0.1, 0.15) is 22.5 Å². The molecule has 1 N–H and O–H groups in total. The van der Waals surface area contributed by atoms with E-state index in [1.165, 1.54) is 11.3 Å². The third-order valence-electron chi connectivity index (χ3n) is 6.14. The summed E-state index contributed by atoms with van der Waals surface area (Å²) in [6.45, 7) is 9.89. The van der Waals surface area contributed by atoms with Gasteiger partial charge in [-0.3, -0.25) is 4.79 Å². The topological polar surface area (TPSA) is 107 Å². The van der Waals surface area contributed by atoms with Crippen LogP contribution in [0.5, 0.6) is 5.75 Å². The molecule has 41 heavy (non-hydrogen) atoms. The fourth-order valence-corrected chi connectivity index (χ4v) is 4.95. The summed E-state index contributed by atoms with van der Waals surface area (Å²) in [5, 5.41) is 3.49. The Balaban J connectivity index is 1.54. The number of hydrogen-bond acceptors (Lipinski definition) is 8. The van der Waals surface area contributed by atoms with Gasteiger partial charge in [0.25, 0.3) is 5.91 Å². The van der Waals surface area contributed by atoms with Gasteiger partial charge in [-0.05, 0) is 65.7 Å². The molecule has 0 radical (unpaired) electrons. The van der Waals surface area contributed by atoms with E-state index in [1.807, 2.05) is 27.7 Å². The molecule has 1 fully saturated rings. The minimum Gasteiger partial charge on any atom is -0.489 e. The monoisotopic (exact) mass is 591 g/mol. The fraction of sp³-hybridized carbons (Fsp3) is 0.464. The van der Waals surface area contributed by atoms with Gasteiger partial charge in [-0.2, -0.15) is 13.2 Å². The SMILES string of the molecule is Cc1cnc(-c2cc(O[C@@H]3CCCN(C(=O)OC(C)(C)C)C3)cc(C(=O)NC(C)c3cnc(C(F)(F)F)nc3)c2)s1. The molecule has 2 aromatic heterocycles. The molecule has 13 heteroatoms. The molecule has 3 heterocycles. The van der Waals surface area contributed by atoms with Crippen molar-refractivity contribution in [3.8, 4) is 16.3 Å². The van der Waals surface area contributed by atoms with E-state index in [0.29, 0.717) is 41.4 Å². The number of nitrogens with one attached hydrogen (secondary N) is 1. The van der Waals surface area contributed by atoms with E-state index in [0.717, 1.165) is 23.7 Å². The number of hydrogen-bond donors (Lipinski definition) is 1. The lowest BCUT2D eigenvalue weighted by atomic mass is 10.1. The number of likely N-dealkylation sites (tertiary alicyclic amines) is 1. The van der Waals surface area contributed by atoms with E-state index in [2.05, 4.69) is 20.3 Å². The first-order valence-corrected chi connectivity index (χ1v) is 13.9. The van der Waals surface area contributed by atoms with Crippen LogP contribution in [0.25, 0.3) is 10.6 Å². The Kier molecular flexibility index (Phi) is 8.86. The number of ether oxygens (including phenoxy) is 2. The molecule has 3 aromatic rings. The Hall–Kier alpha value is -3.74. The highest BCUT2D eigenvalue weighted by atomic mass is 32.1. The molecule has 1 unspecified atom stereocenters. The van der Waals surface area contributed by atoms with Crippen molar-refractivity contribution >= 4 is 23.3 Å². The molecule has 0 spiro atoms. The van der Waals surface area contributed by atoms with E-state index >= 15 is 0 Å². The third kappa shape index (κ3) is 8.15. The Morgan fingerprint density at radius 1 is 1.10 bits per heavy atom. The molecule has 1 saturated heterocycles. The number of aromatic nitrogens is 3. The summed E-state index contributed by atoms with van der Waals surface area (Å²) in [5.74, 6) is -1.28. The van der Waals surface area contributed by atoms with Crippen LogP contribution in [0.15, 0.2) is 36.8 Å². The van der Waals surface area contributed by atoms with Crippen molar-refractivity contribution in [1.29, 1.82) is 0 Å². The second-order valence-corrected chi connectivity index (χ2v) is 12.1. The van der Waals surface area contributed by atoms with E-state index in [4.69, 9.17) is 9.47 Å². The first-order valence-electron chi connectivity index (χ1n) is 13.1. The number of benzene rings is 1. The Labute approximate surface area is 240 Å². The molecule has 9 nitrogen and oxygen atoms in total. The van der Waals surface area contributed by atoms with Crippen molar-refractivity contribution < 1.29 is 32.2 Å². The summed E-state index contributed by atoms with van der Waals surface area (Å²) in [4.78, 5) is 39.7. The second kappa shape index (κ2) is 12.0. The van der Waals surface area contributed by atoms with Crippen LogP contribution in [0.2, 0.25) is 0 Å². The number of piperidine rings is 1. The Morgan fingerprint density at radius 2 is 1.80 bits per heavy atom.